The van der Waals surface area contributed by atoms with Gasteiger partial charge in [0.15, 0.2) is 5.78 Å². The molecule has 0 unspecified atom stereocenters. The van der Waals surface area contributed by atoms with Crippen LogP contribution in [0.4, 0.5) is 0 Å². The number of ketones is 2. The second-order valence-electron chi connectivity index (χ2n) is 7.75. The van der Waals surface area contributed by atoms with Crippen LogP contribution in [0, 0.1) is 12.8 Å². The summed E-state index contributed by atoms with van der Waals surface area (Å²) >= 11 is 0. The average molecular weight is 345 g/mol. The van der Waals surface area contributed by atoms with Gasteiger partial charge in [-0.05, 0) is 49.4 Å². The monoisotopic (exact) mass is 345 g/mol. The number of aromatic amines is 1. The molecule has 26 heavy (non-hydrogen) atoms. The third-order valence-corrected chi connectivity index (χ3v) is 5.23. The Morgan fingerprint density at radius 1 is 0.962 bits per heavy atom. The largest absolute Gasteiger partial charge is 0.351 e. The van der Waals surface area contributed by atoms with Gasteiger partial charge in [-0.2, -0.15) is 0 Å². The highest BCUT2D eigenvalue weighted by atomic mass is 16.1. The van der Waals surface area contributed by atoms with Crippen molar-refractivity contribution in [2.45, 2.75) is 40.0 Å². The summed E-state index contributed by atoms with van der Waals surface area (Å²) in [4.78, 5) is 29.3. The minimum atomic E-state index is -0.0748. The number of hydrogen-bond acceptors (Lipinski definition) is 2. The SMILES string of the molecule is Cc1ccc2[nH]c3c(c2c1)C(=O)c1ccc(CCCC(C)C)cc1C3=O. The quantitative estimate of drug-likeness (QED) is 0.550. The van der Waals surface area contributed by atoms with Crippen LogP contribution in [-0.4, -0.2) is 16.6 Å². The van der Waals surface area contributed by atoms with Crippen molar-refractivity contribution in [1.29, 1.82) is 0 Å². The van der Waals surface area contributed by atoms with Crippen molar-refractivity contribution in [3.8, 4) is 0 Å². The number of rotatable bonds is 4. The standard InChI is InChI=1S/C23H23NO2/c1-13(2)5-4-6-15-8-9-16-17(12-15)23(26)21-20(22(16)25)18-11-14(3)7-10-19(18)24-21/h7-13,24H,4-6H2,1-3H3. The number of H-pyrrole nitrogens is 1. The van der Waals surface area contributed by atoms with Gasteiger partial charge in [0.25, 0.3) is 0 Å². The summed E-state index contributed by atoms with van der Waals surface area (Å²) in [6.07, 6.45) is 3.19. The van der Waals surface area contributed by atoms with E-state index in [0.29, 0.717) is 28.3 Å². The molecule has 0 radical (unpaired) electrons. The molecule has 0 atom stereocenters. The first kappa shape index (κ1) is 16.8. The molecule has 3 nitrogen and oxygen atoms in total. The van der Waals surface area contributed by atoms with Crippen molar-refractivity contribution in [3.05, 3.63) is 69.9 Å². The molecule has 1 aliphatic carbocycles. The van der Waals surface area contributed by atoms with Crippen molar-refractivity contribution in [2.75, 3.05) is 0 Å². The molecule has 0 saturated carbocycles. The van der Waals surface area contributed by atoms with Crippen molar-refractivity contribution < 1.29 is 9.59 Å². The first-order valence-corrected chi connectivity index (χ1v) is 9.30. The van der Waals surface area contributed by atoms with E-state index in [-0.39, 0.29) is 11.6 Å². The maximum Gasteiger partial charge on any atom is 0.210 e. The molecule has 0 amide bonds. The number of nitrogens with one attached hydrogen (secondary N) is 1. The van der Waals surface area contributed by atoms with Crippen LogP contribution in [0.15, 0.2) is 36.4 Å². The molecule has 0 aliphatic heterocycles. The molecule has 0 saturated heterocycles. The average Bonchev–Trinajstić information content (AvgIpc) is 2.98. The van der Waals surface area contributed by atoms with E-state index in [0.717, 1.165) is 41.3 Å². The first-order chi connectivity index (χ1) is 12.5. The van der Waals surface area contributed by atoms with Gasteiger partial charge in [-0.25, -0.2) is 0 Å². The van der Waals surface area contributed by atoms with E-state index in [1.165, 1.54) is 0 Å². The molecule has 1 aromatic heterocycles. The summed E-state index contributed by atoms with van der Waals surface area (Å²) in [7, 11) is 0. The topological polar surface area (TPSA) is 49.9 Å². The number of fused-ring (bicyclic) bond motifs is 4. The Bertz CT molecular complexity index is 1040. The highest BCUT2D eigenvalue weighted by Crippen LogP contribution is 2.33. The summed E-state index contributed by atoms with van der Waals surface area (Å²) < 4.78 is 0. The van der Waals surface area contributed by atoms with E-state index in [9.17, 15) is 9.59 Å². The lowest BCUT2D eigenvalue weighted by Gasteiger charge is -2.16. The van der Waals surface area contributed by atoms with Crippen molar-refractivity contribution in [3.63, 3.8) is 0 Å². The van der Waals surface area contributed by atoms with Crippen LogP contribution in [-0.2, 0) is 6.42 Å². The molecule has 1 aliphatic rings. The summed E-state index contributed by atoms with van der Waals surface area (Å²) in [6.45, 7) is 6.42. The molecule has 132 valence electrons. The van der Waals surface area contributed by atoms with Crippen LogP contribution in [0.1, 0.15) is 69.8 Å². The van der Waals surface area contributed by atoms with Crippen LogP contribution in [0.2, 0.25) is 0 Å². The highest BCUT2D eigenvalue weighted by molar-refractivity contribution is 6.32. The van der Waals surface area contributed by atoms with E-state index in [1.807, 2.05) is 43.3 Å². The Hall–Kier alpha value is -2.68. The summed E-state index contributed by atoms with van der Waals surface area (Å²) in [5.74, 6) is 0.544. The second-order valence-corrected chi connectivity index (χ2v) is 7.75. The molecule has 1 N–H and O–H groups in total. The molecule has 3 heteroatoms. The molecular weight excluding hydrogens is 322 g/mol. The van der Waals surface area contributed by atoms with Crippen LogP contribution in [0.3, 0.4) is 0 Å². The Morgan fingerprint density at radius 3 is 2.54 bits per heavy atom. The van der Waals surface area contributed by atoms with E-state index in [4.69, 9.17) is 0 Å². The van der Waals surface area contributed by atoms with Gasteiger partial charge in [0, 0.05) is 22.0 Å². The lowest BCUT2D eigenvalue weighted by atomic mass is 9.85. The molecule has 0 bridgehead atoms. The lowest BCUT2D eigenvalue weighted by molar-refractivity contribution is 0.0978. The summed E-state index contributed by atoms with van der Waals surface area (Å²) in [6, 6.07) is 11.6. The zero-order valence-corrected chi connectivity index (χ0v) is 15.5. The second kappa shape index (κ2) is 6.24. The minimum Gasteiger partial charge on any atom is -0.351 e. The molecular formula is C23H23NO2. The summed E-state index contributed by atoms with van der Waals surface area (Å²) in [5, 5.41) is 0.838. The smallest absolute Gasteiger partial charge is 0.210 e. The summed E-state index contributed by atoms with van der Waals surface area (Å²) in [5.41, 5.74) is 5.06. The normalized spacial score (nSPS) is 13.4. The van der Waals surface area contributed by atoms with Gasteiger partial charge in [-0.15, -0.1) is 0 Å². The third kappa shape index (κ3) is 2.68. The van der Waals surface area contributed by atoms with Gasteiger partial charge in [0.05, 0.1) is 11.3 Å². The van der Waals surface area contributed by atoms with Crippen molar-refractivity contribution >= 4 is 22.5 Å². The predicted octanol–water partition coefficient (Wildman–Crippen LogP) is 5.23. The number of hydrogen-bond donors (Lipinski definition) is 1. The Morgan fingerprint density at radius 2 is 1.77 bits per heavy atom. The van der Waals surface area contributed by atoms with Crippen LogP contribution < -0.4 is 0 Å². The van der Waals surface area contributed by atoms with Crippen LogP contribution in [0.5, 0.6) is 0 Å². The number of benzene rings is 2. The maximum atomic E-state index is 13.1. The molecule has 2 aromatic carbocycles. The first-order valence-electron chi connectivity index (χ1n) is 9.30. The number of aryl methyl sites for hydroxylation is 2. The Labute approximate surface area is 153 Å². The molecule has 3 aromatic rings. The predicted molar refractivity (Wildman–Crippen MR) is 104 cm³/mol. The zero-order valence-electron chi connectivity index (χ0n) is 15.5. The minimum absolute atomic E-state index is 0.0554. The molecule has 0 spiro atoms. The zero-order chi connectivity index (χ0) is 18.4. The number of carbonyl (C=O) groups is 2. The van der Waals surface area contributed by atoms with Gasteiger partial charge >= 0.3 is 0 Å². The van der Waals surface area contributed by atoms with E-state index >= 15 is 0 Å². The van der Waals surface area contributed by atoms with Crippen molar-refractivity contribution in [2.24, 2.45) is 5.92 Å². The van der Waals surface area contributed by atoms with Gasteiger partial charge in [-0.3, -0.25) is 9.59 Å². The maximum absolute atomic E-state index is 13.1. The lowest BCUT2D eigenvalue weighted by Crippen LogP contribution is -2.20. The fraction of sp³-hybridized carbons (Fsp3) is 0.304. The van der Waals surface area contributed by atoms with Gasteiger partial charge in [0.1, 0.15) is 0 Å². The van der Waals surface area contributed by atoms with Gasteiger partial charge < -0.3 is 4.98 Å². The van der Waals surface area contributed by atoms with E-state index in [2.05, 4.69) is 18.8 Å². The number of aromatic nitrogens is 1. The molecule has 4 rings (SSSR count). The van der Waals surface area contributed by atoms with Crippen molar-refractivity contribution in [1.82, 2.24) is 4.98 Å². The van der Waals surface area contributed by atoms with Crippen LogP contribution in [0.25, 0.3) is 10.9 Å². The van der Waals surface area contributed by atoms with Gasteiger partial charge in [-0.1, -0.05) is 44.0 Å². The van der Waals surface area contributed by atoms with E-state index in [1.54, 1.807) is 0 Å². The Balaban J connectivity index is 1.76. The molecule has 1 heterocycles. The highest BCUT2D eigenvalue weighted by Gasteiger charge is 2.33. The Kier molecular flexibility index (Phi) is 4.03. The fourth-order valence-corrected chi connectivity index (χ4v) is 3.83. The number of carbonyl (C=O) groups excluding carboxylic acids is 2. The fourth-order valence-electron chi connectivity index (χ4n) is 3.83. The van der Waals surface area contributed by atoms with Gasteiger partial charge in [0.2, 0.25) is 5.78 Å². The van der Waals surface area contributed by atoms with Crippen LogP contribution >= 0.6 is 0 Å². The van der Waals surface area contributed by atoms with E-state index < -0.39 is 0 Å². The molecule has 0 fully saturated rings. The third-order valence-electron chi connectivity index (χ3n) is 5.23.